The number of pyridine rings is 5. The predicted molar refractivity (Wildman–Crippen MR) is 630 cm³/mol. The Morgan fingerprint density at radius 2 is 0.582 bits per heavy atom. The first-order valence-corrected chi connectivity index (χ1v) is 57.2. The predicted octanol–water partition coefficient (Wildman–Crippen LogP) is 28.9. The Hall–Kier alpha value is -8.21. The fourth-order valence-corrected chi connectivity index (χ4v) is 15.7. The van der Waals surface area contributed by atoms with Gasteiger partial charge in [0.1, 0.15) is 0 Å². The Morgan fingerprint density at radius 1 is 0.308 bits per heavy atom. The molecule has 0 saturated heterocycles. The quantitative estimate of drug-likeness (QED) is 0.0183. The zero-order valence-electron chi connectivity index (χ0n) is 86.6. The summed E-state index contributed by atoms with van der Waals surface area (Å²) in [5, 5.41) is 63.2. The van der Waals surface area contributed by atoms with Gasteiger partial charge in [-0.2, -0.15) is 0 Å². The number of anilines is 2. The van der Waals surface area contributed by atoms with Gasteiger partial charge < -0.3 is 130 Å². The molecule has 0 spiro atoms. The van der Waals surface area contributed by atoms with Crippen molar-refractivity contribution in [2.24, 2.45) is 0 Å². The first-order valence-electron chi connectivity index (χ1n) is 45.9. The zero-order chi connectivity index (χ0) is 97.5. The third-order valence-corrected chi connectivity index (χ3v) is 22.1. The zero-order valence-corrected chi connectivity index (χ0v) is 101. The molecule has 0 radical (unpaired) electrons. The number of aromatic nitrogens is 5. The third-order valence-electron chi connectivity index (χ3n) is 22.1. The van der Waals surface area contributed by atoms with Crippen molar-refractivity contribution in [2.75, 3.05) is 78.1 Å². The van der Waals surface area contributed by atoms with E-state index in [9.17, 15) is 10.8 Å². The van der Waals surface area contributed by atoms with Crippen LogP contribution in [0.2, 0.25) is 0 Å². The van der Waals surface area contributed by atoms with E-state index in [0.717, 1.165) is 171 Å². The molecule has 0 amide bonds. The smallest absolute Gasteiger partial charge is 0.693 e. The number of halogens is 7. The normalized spacial score (nSPS) is 9.46. The van der Waals surface area contributed by atoms with Crippen molar-refractivity contribution in [1.82, 2.24) is 44.5 Å². The Balaban J connectivity index is -0.000000266. The van der Waals surface area contributed by atoms with Gasteiger partial charge in [-0.25, -0.2) is 19.9 Å². The van der Waals surface area contributed by atoms with Gasteiger partial charge >= 0.3 is 113 Å². The molecule has 0 saturated carbocycles. The van der Waals surface area contributed by atoms with Crippen molar-refractivity contribution >= 4 is 214 Å². The van der Waals surface area contributed by atoms with Gasteiger partial charge in [-0.1, -0.05) is 374 Å². The summed E-state index contributed by atoms with van der Waals surface area (Å²) in [6.07, 6.45) is 13.6. The number of hydrogen-bond donors (Lipinski definition) is 4. The molecular formula is C114H157Cl7N21Pt4-13. The summed E-state index contributed by atoms with van der Waals surface area (Å²) in [5.74, 6) is 2.20. The molecule has 5 heterocycles. The largest absolute Gasteiger partial charge is 0.693 e. The van der Waals surface area contributed by atoms with Gasteiger partial charge in [0, 0.05) is 129 Å². The van der Waals surface area contributed by atoms with Gasteiger partial charge in [0.15, 0.2) is 0 Å². The second kappa shape index (κ2) is 83.5. The Kier molecular flexibility index (Phi) is 87.5. The van der Waals surface area contributed by atoms with Crippen LogP contribution in [0.5, 0.6) is 0 Å². The van der Waals surface area contributed by atoms with Crippen LogP contribution in [0.3, 0.4) is 0 Å². The molecule has 0 atom stereocenters. The van der Waals surface area contributed by atoms with Crippen LogP contribution in [-0.4, -0.2) is 135 Å². The van der Waals surface area contributed by atoms with Crippen LogP contribution >= 0.6 is 37.7 Å². The Morgan fingerprint density at radius 3 is 0.932 bits per heavy atom. The van der Waals surface area contributed by atoms with Gasteiger partial charge in [-0.15, -0.1) is 0 Å². The number of amidine groups is 4. The number of nitrogens with zero attached hydrogens (tertiary/aromatic N) is 11. The summed E-state index contributed by atoms with van der Waals surface area (Å²) < 4.78 is 0. The van der Waals surface area contributed by atoms with Crippen LogP contribution < -0.4 is 47.9 Å². The second-order valence-electron chi connectivity index (χ2n) is 32.2. The van der Waals surface area contributed by atoms with E-state index < -0.39 is 0 Å². The monoisotopic (exact) mass is 2840 g/mol. The van der Waals surface area contributed by atoms with Crippen molar-refractivity contribution in [3.63, 3.8) is 0 Å². The topological polar surface area (TPSA) is 395 Å². The van der Waals surface area contributed by atoms with Gasteiger partial charge in [-0.3, -0.25) is 15.8 Å². The standard InChI is InChI=1S/C28H26N3.C24H26N4.C23H23N4.C23H24N4.4C3H8.2CH4.2CH3.7ClH.6H2N.4Pt/c1-3-26(29)31(2)18-8-13-23-24-16-14-19-9-4-6-11-21(19)27(24)30-28-22-12-7-5-10-20(22)15-17-25(23)28;1-4-22(25)28(3)14-13-26-23-19-11-10-17-7-5-6-8-18(17)24(19)27-21-12-9-16(2)15-20(21)23;1-3-22(24)27(2)14-8-11-16-17-9-4-7-13-21(17)26-23-18-10-5-6-12-20(18)25-15-19(16)23;1-3-21(24)27(2)15-14-25-22-18-10-6-7-11-20(18)26-23-17-9-5-4-8-16(17)12-13-19(22)23;4*1-3-2;;;;;;;;;;;;;;;;;;;;;/h4-7,9-12,14-17H,3,8,13,18H2,1-2H3;5-12,15,25H,4,13-14H2,1-3H3,(H,26,27);4-7,9-10,12-13,15H,3,8,11,14H2,1-2H3;4-13,24H,3,14-15H2,1-2H3,(H,25,26);4*3H2,1-2H3;2*1H4;2*1H3;7*1H;6*1H2;;;;/q-1;;-1;;;;;;;;2*-1;;;;;;;;6*-1;4*+1/p-7. The van der Waals surface area contributed by atoms with Crippen LogP contribution in [0, 0.1) is 32.6 Å². The molecule has 0 aliphatic heterocycles. The van der Waals surface area contributed by atoms with Gasteiger partial charge in [0.2, 0.25) is 0 Å². The molecule has 32 heteroatoms. The van der Waals surface area contributed by atoms with E-state index in [1.807, 2.05) is 112 Å². The SMILES string of the molecule is C.C.CCC.CCC.CCC.CCC.CCC(=N)N(C)CCNc1c2cc(C)ccc2nc2c1ccc1ccccc12.CCC(=N)N(C)CCNc1c2ccccc2nc2c1ccc1ccccc12.CCC(=[N-])N(C)CCCc1c2ccc3ccccc3c2nc2c1ccc1ccccc12.CCC(=[N-])N(C)CCCc1c2ccccc2nc2c1cnc1ccccc12.[CH3-].[CH3-].[Cl-].[Cl-].[Cl-].[Cl][Pt].[Cl][Pt].[Cl][Pt].[Cl][Pt].[NH2-].[NH2-].[NH2-].[NH2-].[NH2-].[NH2-]. The van der Waals surface area contributed by atoms with Crippen LogP contribution in [-0.2, 0) is 87.9 Å². The molecule has 820 valence electrons. The molecule has 16 N–H and O–H groups in total. The minimum atomic E-state index is 0. The number of para-hydroxylation sites is 3. The number of rotatable bonds is 20. The van der Waals surface area contributed by atoms with E-state index in [1.54, 1.807) is 75.1 Å². The average Bonchev–Trinajstić information content (AvgIpc) is 0.712. The van der Waals surface area contributed by atoms with Crippen molar-refractivity contribution in [1.29, 1.82) is 10.8 Å². The van der Waals surface area contributed by atoms with E-state index in [0.29, 0.717) is 36.2 Å². The summed E-state index contributed by atoms with van der Waals surface area (Å²) in [6.45, 7) is 31.9. The average molecular weight is 2850 g/mol. The van der Waals surface area contributed by atoms with Crippen LogP contribution in [0.1, 0.15) is 179 Å². The summed E-state index contributed by atoms with van der Waals surface area (Å²) in [5.41, 5.74) is 15.4. The first-order chi connectivity index (χ1) is 64.8. The molecule has 0 unspecified atom stereocenters. The number of likely N-dealkylation sites (N-methyl/N-ethyl adjacent to an activating group) is 2. The second-order valence-corrected chi connectivity index (χ2v) is 32.2. The Labute approximate surface area is 954 Å². The van der Waals surface area contributed by atoms with Crippen LogP contribution in [0.4, 0.5) is 11.4 Å². The number of aryl methyl sites for hydroxylation is 3. The molecule has 146 heavy (non-hydrogen) atoms. The number of hydrogen-bond acceptors (Lipinski definition) is 9. The minimum absolute atomic E-state index is 0. The molecule has 0 bridgehead atoms. The number of nitrogens with one attached hydrogen (secondary N) is 4. The molecule has 0 fully saturated rings. The van der Waals surface area contributed by atoms with Crippen molar-refractivity contribution in [3.8, 4) is 0 Å². The third kappa shape index (κ3) is 41.9. The minimum Gasteiger partial charge on any atom is -0.693 e. The van der Waals surface area contributed by atoms with Crippen molar-refractivity contribution < 1.29 is 112 Å². The van der Waals surface area contributed by atoms with Gasteiger partial charge in [-0.05, 0) is 108 Å². The van der Waals surface area contributed by atoms with Crippen LogP contribution in [0.15, 0.2) is 243 Å². The molecular weight excluding hydrogens is 2690 g/mol. The fourth-order valence-electron chi connectivity index (χ4n) is 15.7. The Bertz CT molecular complexity index is 6310. The molecule has 5 aromatic heterocycles. The van der Waals surface area contributed by atoms with Crippen molar-refractivity contribution in [3.05, 3.63) is 322 Å². The number of benzene rings is 12. The molecule has 12 aromatic carbocycles. The number of fused-ring (bicyclic) bond motifs is 18. The molecule has 0 aliphatic rings. The summed E-state index contributed by atoms with van der Waals surface area (Å²) >= 11 is 6.44. The van der Waals surface area contributed by atoms with Crippen LogP contribution in [0.25, 0.3) is 189 Å². The summed E-state index contributed by atoms with van der Waals surface area (Å²) in [4.78, 5) is 32.7. The van der Waals surface area contributed by atoms with E-state index >= 15 is 0 Å². The fraction of sp³-hybridized carbons (Fsp3) is 0.325. The number of nitrogens with two attached hydrogens (primary N) is 6. The molecule has 17 aromatic rings. The maximum Gasteiger partial charge on any atom is -0.693 e. The van der Waals surface area contributed by atoms with Gasteiger partial charge in [0.25, 0.3) is 0 Å². The van der Waals surface area contributed by atoms with Crippen molar-refractivity contribution in [2.45, 2.75) is 182 Å². The van der Waals surface area contributed by atoms with E-state index in [2.05, 4.69) is 322 Å². The maximum absolute atomic E-state index is 10.0. The van der Waals surface area contributed by atoms with Gasteiger partial charge in [0.05, 0.1) is 72.7 Å². The van der Waals surface area contributed by atoms with E-state index in [-0.39, 0.29) is 104 Å². The van der Waals surface area contributed by atoms with E-state index in [4.69, 9.17) is 30.8 Å². The molecule has 0 aliphatic carbocycles. The summed E-state index contributed by atoms with van der Waals surface area (Å²) in [7, 11) is 26.3. The molecule has 21 nitrogen and oxygen atoms in total. The first kappa shape index (κ1) is 153. The van der Waals surface area contributed by atoms with E-state index in [1.165, 1.54) is 102 Å². The molecule has 17 rings (SSSR count). The summed E-state index contributed by atoms with van der Waals surface area (Å²) in [6, 6.07) is 82.6. The maximum atomic E-state index is 10.0.